The minimum Gasteiger partial charge on any atom is -0.495 e. The van der Waals surface area contributed by atoms with E-state index in [1.54, 1.807) is 24.3 Å². The summed E-state index contributed by atoms with van der Waals surface area (Å²) in [6.07, 6.45) is -0.144. The highest BCUT2D eigenvalue weighted by atomic mass is 32.2. The molecule has 0 saturated carbocycles. The lowest BCUT2D eigenvalue weighted by Gasteiger charge is -2.23. The molecule has 8 nitrogen and oxygen atoms in total. The first kappa shape index (κ1) is 21.6. The summed E-state index contributed by atoms with van der Waals surface area (Å²) < 4.78 is 5.26. The molecule has 3 N–H and O–H groups in total. The van der Waals surface area contributed by atoms with Crippen LogP contribution in [0, 0.1) is 6.92 Å². The van der Waals surface area contributed by atoms with Crippen LogP contribution in [0.1, 0.15) is 29.0 Å². The molecule has 0 radical (unpaired) electrons. The molecule has 0 fully saturated rings. The van der Waals surface area contributed by atoms with Gasteiger partial charge in [-0.2, -0.15) is 0 Å². The molecule has 2 heterocycles. The van der Waals surface area contributed by atoms with Crippen molar-refractivity contribution in [3.05, 3.63) is 75.6 Å². The monoisotopic (exact) mass is 450 g/mol. The van der Waals surface area contributed by atoms with Gasteiger partial charge in [-0.3, -0.25) is 14.4 Å². The van der Waals surface area contributed by atoms with E-state index in [9.17, 15) is 14.4 Å². The first-order valence-corrected chi connectivity index (χ1v) is 11.0. The fourth-order valence-electron chi connectivity index (χ4n) is 3.45. The molecule has 0 aliphatic carbocycles. The minimum absolute atomic E-state index is 0.122. The van der Waals surface area contributed by atoms with Crippen LogP contribution in [0.2, 0.25) is 0 Å². The smallest absolute Gasteiger partial charge is 0.257 e. The summed E-state index contributed by atoms with van der Waals surface area (Å²) in [5.74, 6) is -0.597. The number of carbonyl (C=O) groups excluding carboxylic acids is 2. The number of hydrogen-bond acceptors (Lipinski definition) is 6. The largest absolute Gasteiger partial charge is 0.495 e. The zero-order valence-corrected chi connectivity index (χ0v) is 18.4. The van der Waals surface area contributed by atoms with Crippen molar-refractivity contribution in [1.82, 2.24) is 9.97 Å². The SMILES string of the molecule is COc1ccccc1NC(=O)[C@H]1CC(=O)Nc2nc(SCc3ccc(C)cc3)[nH]c(=O)c21. The third-order valence-corrected chi connectivity index (χ3v) is 6.05. The van der Waals surface area contributed by atoms with Crippen molar-refractivity contribution in [2.45, 2.75) is 30.2 Å². The Labute approximate surface area is 188 Å². The second kappa shape index (κ2) is 9.27. The number of amides is 2. The van der Waals surface area contributed by atoms with Crippen LogP contribution in [0.3, 0.4) is 0 Å². The highest BCUT2D eigenvalue weighted by Gasteiger charge is 2.35. The van der Waals surface area contributed by atoms with Crippen molar-refractivity contribution in [2.24, 2.45) is 0 Å². The Morgan fingerprint density at radius 3 is 2.69 bits per heavy atom. The summed E-state index contributed by atoms with van der Waals surface area (Å²) in [6, 6.07) is 15.0. The molecule has 0 spiro atoms. The summed E-state index contributed by atoms with van der Waals surface area (Å²) in [5, 5.41) is 5.76. The van der Waals surface area contributed by atoms with E-state index in [4.69, 9.17) is 4.74 Å². The highest BCUT2D eigenvalue weighted by Crippen LogP contribution is 2.32. The van der Waals surface area contributed by atoms with Gasteiger partial charge < -0.3 is 20.4 Å². The molecule has 0 unspecified atom stereocenters. The Hall–Kier alpha value is -3.59. The van der Waals surface area contributed by atoms with Gasteiger partial charge in [0, 0.05) is 12.2 Å². The number of thioether (sulfide) groups is 1. The van der Waals surface area contributed by atoms with Gasteiger partial charge in [0.2, 0.25) is 11.8 Å². The first-order chi connectivity index (χ1) is 15.4. The zero-order valence-electron chi connectivity index (χ0n) is 17.6. The molecule has 0 saturated heterocycles. The van der Waals surface area contributed by atoms with Gasteiger partial charge in [-0.05, 0) is 24.6 Å². The fraction of sp³-hybridized carbons (Fsp3) is 0.217. The Balaban J connectivity index is 1.57. The van der Waals surface area contributed by atoms with Crippen LogP contribution in [0.25, 0.3) is 0 Å². The van der Waals surface area contributed by atoms with Gasteiger partial charge in [-0.15, -0.1) is 0 Å². The van der Waals surface area contributed by atoms with Crippen molar-refractivity contribution < 1.29 is 14.3 Å². The summed E-state index contributed by atoms with van der Waals surface area (Å²) in [6.45, 7) is 2.02. The van der Waals surface area contributed by atoms with Crippen molar-refractivity contribution in [3.63, 3.8) is 0 Å². The number of H-pyrrole nitrogens is 1. The number of aryl methyl sites for hydroxylation is 1. The number of hydrogen-bond donors (Lipinski definition) is 3. The van der Waals surface area contributed by atoms with Crippen molar-refractivity contribution >= 4 is 35.1 Å². The molecule has 1 atom stereocenters. The molecule has 0 bridgehead atoms. The Morgan fingerprint density at radius 2 is 1.94 bits per heavy atom. The number of nitrogens with one attached hydrogen (secondary N) is 3. The molecule has 2 amide bonds. The molecule has 9 heteroatoms. The van der Waals surface area contributed by atoms with Crippen LogP contribution in [-0.4, -0.2) is 28.9 Å². The van der Waals surface area contributed by atoms with Gasteiger partial charge >= 0.3 is 0 Å². The van der Waals surface area contributed by atoms with Gasteiger partial charge in [0.15, 0.2) is 5.16 Å². The summed E-state index contributed by atoms with van der Waals surface area (Å²) >= 11 is 1.35. The number of methoxy groups -OCH3 is 1. The number of aromatic amines is 1. The molecule has 3 aromatic rings. The Bertz CT molecular complexity index is 1220. The maximum Gasteiger partial charge on any atom is 0.257 e. The lowest BCUT2D eigenvalue weighted by molar-refractivity contribution is -0.123. The average molecular weight is 451 g/mol. The van der Waals surface area contributed by atoms with Crippen LogP contribution < -0.4 is 20.9 Å². The normalized spacial score (nSPS) is 14.9. The predicted octanol–water partition coefficient (Wildman–Crippen LogP) is 3.44. The van der Waals surface area contributed by atoms with Crippen molar-refractivity contribution in [2.75, 3.05) is 17.7 Å². The highest BCUT2D eigenvalue weighted by molar-refractivity contribution is 7.98. The van der Waals surface area contributed by atoms with Gasteiger partial charge in [0.05, 0.1) is 24.3 Å². The molecule has 32 heavy (non-hydrogen) atoms. The molecular weight excluding hydrogens is 428 g/mol. The zero-order chi connectivity index (χ0) is 22.7. The third-order valence-electron chi connectivity index (χ3n) is 5.11. The van der Waals surface area contributed by atoms with Gasteiger partial charge in [0.25, 0.3) is 5.56 Å². The van der Waals surface area contributed by atoms with Gasteiger partial charge in [0.1, 0.15) is 11.6 Å². The predicted molar refractivity (Wildman–Crippen MR) is 123 cm³/mol. The van der Waals surface area contributed by atoms with E-state index in [-0.39, 0.29) is 23.7 Å². The number of anilines is 2. The fourth-order valence-corrected chi connectivity index (χ4v) is 4.26. The van der Waals surface area contributed by atoms with E-state index in [1.165, 1.54) is 24.4 Å². The maximum absolute atomic E-state index is 13.0. The molecule has 1 aliphatic rings. The second-order valence-electron chi connectivity index (χ2n) is 7.40. The Kier molecular flexibility index (Phi) is 6.27. The van der Waals surface area contributed by atoms with Crippen LogP contribution in [0.15, 0.2) is 58.5 Å². The van der Waals surface area contributed by atoms with E-state index in [0.29, 0.717) is 22.3 Å². The number of nitrogens with zero attached hydrogens (tertiary/aromatic N) is 1. The van der Waals surface area contributed by atoms with Gasteiger partial charge in [-0.1, -0.05) is 53.7 Å². The lowest BCUT2D eigenvalue weighted by Crippen LogP contribution is -2.36. The number of para-hydroxylation sites is 2. The standard InChI is InChI=1S/C23H22N4O4S/c1-13-7-9-14(10-8-13)12-32-23-26-20-19(22(30)27-23)15(11-18(28)25-20)21(29)24-16-5-3-4-6-17(16)31-2/h3-10,15H,11-12H2,1-2H3,(H,24,29)(H2,25,26,27,28,30)/t15-/m0/s1. The average Bonchev–Trinajstić information content (AvgIpc) is 2.78. The van der Waals surface area contributed by atoms with E-state index >= 15 is 0 Å². The van der Waals surface area contributed by atoms with E-state index < -0.39 is 17.4 Å². The number of carbonyl (C=O) groups is 2. The summed E-state index contributed by atoms with van der Waals surface area (Å²) in [5.41, 5.74) is 2.42. The number of rotatable bonds is 6. The van der Waals surface area contributed by atoms with Crippen LogP contribution in [0.4, 0.5) is 11.5 Å². The van der Waals surface area contributed by atoms with Crippen LogP contribution in [0.5, 0.6) is 5.75 Å². The summed E-state index contributed by atoms with van der Waals surface area (Å²) in [4.78, 5) is 45.3. The lowest BCUT2D eigenvalue weighted by atomic mass is 9.92. The van der Waals surface area contributed by atoms with Crippen LogP contribution in [-0.2, 0) is 15.3 Å². The third kappa shape index (κ3) is 4.67. The molecule has 1 aromatic heterocycles. The number of benzene rings is 2. The second-order valence-corrected chi connectivity index (χ2v) is 8.37. The van der Waals surface area contributed by atoms with Crippen molar-refractivity contribution in [1.29, 1.82) is 0 Å². The van der Waals surface area contributed by atoms with E-state index in [0.717, 1.165) is 5.56 Å². The van der Waals surface area contributed by atoms with E-state index in [2.05, 4.69) is 20.6 Å². The maximum atomic E-state index is 13.0. The summed E-state index contributed by atoms with van der Waals surface area (Å²) in [7, 11) is 1.50. The van der Waals surface area contributed by atoms with E-state index in [1.807, 2.05) is 31.2 Å². The minimum atomic E-state index is -0.962. The molecule has 1 aliphatic heterocycles. The molecule has 4 rings (SSSR count). The number of fused-ring (bicyclic) bond motifs is 1. The van der Waals surface area contributed by atoms with Crippen molar-refractivity contribution in [3.8, 4) is 5.75 Å². The Morgan fingerprint density at radius 1 is 1.19 bits per heavy atom. The molecular formula is C23H22N4O4S. The van der Waals surface area contributed by atoms with Gasteiger partial charge in [-0.25, -0.2) is 4.98 Å². The quantitative estimate of drug-likeness (QED) is 0.392. The molecule has 2 aromatic carbocycles. The molecule has 164 valence electrons. The number of aromatic nitrogens is 2. The first-order valence-electron chi connectivity index (χ1n) is 10.0. The topological polar surface area (TPSA) is 113 Å². The van der Waals surface area contributed by atoms with Crippen LogP contribution >= 0.6 is 11.8 Å². The number of ether oxygens (including phenoxy) is 1.